The number of fused-ring (bicyclic) bond motifs is 5. The summed E-state index contributed by atoms with van der Waals surface area (Å²) in [6.45, 7) is 4.75. The van der Waals surface area contributed by atoms with Crippen molar-refractivity contribution in [2.45, 2.75) is 75.9 Å². The second-order valence-electron chi connectivity index (χ2n) is 10.9. The second-order valence-corrected chi connectivity index (χ2v) is 10.9. The quantitative estimate of drug-likeness (QED) is 0.504. The van der Waals surface area contributed by atoms with Crippen LogP contribution in [0.3, 0.4) is 0 Å². The van der Waals surface area contributed by atoms with Crippen LogP contribution in [0.15, 0.2) is 42.5 Å². The molecule has 4 atom stereocenters. The van der Waals surface area contributed by atoms with Gasteiger partial charge in [-0.2, -0.15) is 0 Å². The van der Waals surface area contributed by atoms with Crippen molar-refractivity contribution in [1.29, 1.82) is 5.41 Å². The van der Waals surface area contributed by atoms with Gasteiger partial charge in [0, 0.05) is 23.1 Å². The van der Waals surface area contributed by atoms with E-state index in [1.165, 1.54) is 11.1 Å². The topological polar surface area (TPSA) is 94.5 Å². The molecule has 0 saturated carbocycles. The van der Waals surface area contributed by atoms with Gasteiger partial charge in [-0.25, -0.2) is 0 Å². The normalized spacial score (nSPS) is 29.6. The third kappa shape index (κ3) is 4.10. The van der Waals surface area contributed by atoms with Crippen molar-refractivity contribution in [3.05, 3.63) is 70.3 Å². The first-order valence-electron chi connectivity index (χ1n) is 13.4. The van der Waals surface area contributed by atoms with Gasteiger partial charge in [0.2, 0.25) is 5.91 Å². The molecule has 1 fully saturated rings. The van der Waals surface area contributed by atoms with Crippen LogP contribution in [-0.4, -0.2) is 34.8 Å². The van der Waals surface area contributed by atoms with Gasteiger partial charge in [0.05, 0.1) is 25.1 Å². The number of nitrogens with one attached hydrogen (secondary N) is 3. The number of allylic oxidation sites excluding steroid dienone is 1. The standard InChI is InChI=1S/C30H34N4O3/c1-3-30-12-5-4-6-19-7-9-21-18(2)14-24(22(21)15-19)32-28(36)20-8-10-26-23(16-20)25(11-13-37-26)34(27(35)17-30)29(31)33-30/h4,6-10,15-16,18,24-25H,3,5,11-14,17H2,1-2H3,(H2,31,33)(H,32,36)/b6-4-/t18-,24-,25+,30+/m0/s1. The van der Waals surface area contributed by atoms with Gasteiger partial charge in [0.1, 0.15) is 5.75 Å². The molecule has 2 aromatic carbocycles. The molecule has 0 aromatic heterocycles. The van der Waals surface area contributed by atoms with Crippen molar-refractivity contribution in [3.63, 3.8) is 0 Å². The third-order valence-electron chi connectivity index (χ3n) is 8.66. The second kappa shape index (κ2) is 9.05. The number of guanidine groups is 1. The molecule has 3 N–H and O–H groups in total. The highest BCUT2D eigenvalue weighted by atomic mass is 16.5. The number of hydrogen-bond acceptors (Lipinski definition) is 4. The van der Waals surface area contributed by atoms with E-state index >= 15 is 0 Å². The highest BCUT2D eigenvalue weighted by molar-refractivity contribution is 6.00. The average molecular weight is 499 g/mol. The zero-order valence-corrected chi connectivity index (χ0v) is 21.5. The van der Waals surface area contributed by atoms with E-state index in [0.29, 0.717) is 36.7 Å². The monoisotopic (exact) mass is 498 g/mol. The fourth-order valence-electron chi connectivity index (χ4n) is 6.52. The van der Waals surface area contributed by atoms with Gasteiger partial charge in [-0.15, -0.1) is 0 Å². The first kappa shape index (κ1) is 23.8. The molecule has 0 radical (unpaired) electrons. The van der Waals surface area contributed by atoms with Crippen molar-refractivity contribution >= 4 is 23.8 Å². The molecular formula is C30H34N4O3. The molecule has 7 rings (SSSR count). The predicted molar refractivity (Wildman–Crippen MR) is 143 cm³/mol. The van der Waals surface area contributed by atoms with E-state index < -0.39 is 5.54 Å². The molecule has 4 aliphatic heterocycles. The van der Waals surface area contributed by atoms with Gasteiger partial charge in [-0.05, 0) is 72.6 Å². The largest absolute Gasteiger partial charge is 0.493 e. The molecule has 2 amide bonds. The summed E-state index contributed by atoms with van der Waals surface area (Å²) in [5.74, 6) is 0.997. The number of carbonyl (C=O) groups is 2. The van der Waals surface area contributed by atoms with Crippen LogP contribution in [0.5, 0.6) is 5.75 Å². The number of amides is 2. The molecule has 1 aliphatic carbocycles. The average Bonchev–Trinajstić information content (AvgIpc) is 3.19. The van der Waals surface area contributed by atoms with Crippen LogP contribution < -0.4 is 15.4 Å². The molecule has 0 spiro atoms. The van der Waals surface area contributed by atoms with Crippen LogP contribution in [0, 0.1) is 5.41 Å². The van der Waals surface area contributed by atoms with Gasteiger partial charge in [0.15, 0.2) is 5.96 Å². The third-order valence-corrected chi connectivity index (χ3v) is 8.66. The SMILES string of the molecule is CC[C@]12CC/C=C\c3ccc4c(c3)[C@H](C[C@@H]4C)NC(=O)c3ccc4c(c3)[C@@H](CCO4)N(C(=N)N1)C(=O)C2. The number of ether oxygens (including phenoxy) is 1. The minimum Gasteiger partial charge on any atom is -0.493 e. The van der Waals surface area contributed by atoms with E-state index in [-0.39, 0.29) is 29.9 Å². The van der Waals surface area contributed by atoms with Gasteiger partial charge in [-0.3, -0.25) is 19.9 Å². The lowest BCUT2D eigenvalue weighted by atomic mass is 9.83. The zero-order valence-electron chi connectivity index (χ0n) is 21.5. The summed E-state index contributed by atoms with van der Waals surface area (Å²) in [5, 5.41) is 15.5. The maximum absolute atomic E-state index is 13.6. The van der Waals surface area contributed by atoms with Crippen LogP contribution in [0.1, 0.15) is 103 Å². The fourth-order valence-corrected chi connectivity index (χ4v) is 6.52. The van der Waals surface area contributed by atoms with E-state index in [1.807, 2.05) is 12.1 Å². The van der Waals surface area contributed by atoms with Crippen molar-refractivity contribution < 1.29 is 14.3 Å². The molecular weight excluding hydrogens is 464 g/mol. The van der Waals surface area contributed by atoms with Crippen molar-refractivity contribution in [3.8, 4) is 5.75 Å². The van der Waals surface area contributed by atoms with Crippen molar-refractivity contribution in [1.82, 2.24) is 15.5 Å². The highest BCUT2D eigenvalue weighted by Crippen LogP contribution is 2.42. The Hall–Kier alpha value is -3.61. The molecule has 192 valence electrons. The predicted octanol–water partition coefficient (Wildman–Crippen LogP) is 5.20. The smallest absolute Gasteiger partial charge is 0.251 e. The number of carbonyl (C=O) groups excluding carboxylic acids is 2. The van der Waals surface area contributed by atoms with Gasteiger partial charge in [-0.1, -0.05) is 38.1 Å². The van der Waals surface area contributed by atoms with Crippen molar-refractivity contribution in [2.75, 3.05) is 6.61 Å². The zero-order chi connectivity index (χ0) is 25.7. The maximum Gasteiger partial charge on any atom is 0.251 e. The molecule has 4 heterocycles. The number of nitrogens with zero attached hydrogens (tertiary/aromatic N) is 1. The molecule has 0 unspecified atom stereocenters. The minimum atomic E-state index is -0.436. The Morgan fingerprint density at radius 1 is 1.14 bits per heavy atom. The van der Waals surface area contributed by atoms with Crippen LogP contribution >= 0.6 is 0 Å². The summed E-state index contributed by atoms with van der Waals surface area (Å²) in [4.78, 5) is 28.6. The molecule has 7 heteroatoms. The Labute approximate surface area is 217 Å². The molecule has 7 nitrogen and oxygen atoms in total. The van der Waals surface area contributed by atoms with Crippen LogP contribution in [0.2, 0.25) is 0 Å². The highest BCUT2D eigenvalue weighted by Gasteiger charge is 2.44. The van der Waals surface area contributed by atoms with Gasteiger partial charge in [0.25, 0.3) is 5.91 Å². The summed E-state index contributed by atoms with van der Waals surface area (Å²) in [5.41, 5.74) is 4.49. The lowest BCUT2D eigenvalue weighted by Gasteiger charge is -2.46. The van der Waals surface area contributed by atoms with Crippen LogP contribution in [0.4, 0.5) is 0 Å². The van der Waals surface area contributed by atoms with Gasteiger partial charge < -0.3 is 15.4 Å². The minimum absolute atomic E-state index is 0.0464. The lowest BCUT2D eigenvalue weighted by Crippen LogP contribution is -2.63. The van der Waals surface area contributed by atoms with E-state index in [9.17, 15) is 9.59 Å². The Kier molecular flexibility index (Phi) is 5.81. The lowest BCUT2D eigenvalue weighted by molar-refractivity contribution is -0.133. The van der Waals surface area contributed by atoms with E-state index in [1.54, 1.807) is 11.0 Å². The molecule has 1 saturated heterocycles. The number of benzene rings is 2. The Morgan fingerprint density at radius 3 is 2.81 bits per heavy atom. The molecule has 6 bridgehead atoms. The van der Waals surface area contributed by atoms with Crippen molar-refractivity contribution in [2.24, 2.45) is 0 Å². The number of hydrogen-bond donors (Lipinski definition) is 3. The summed E-state index contributed by atoms with van der Waals surface area (Å²) < 4.78 is 5.90. The first-order valence-corrected chi connectivity index (χ1v) is 13.4. The molecule has 37 heavy (non-hydrogen) atoms. The first-order chi connectivity index (χ1) is 17.9. The Morgan fingerprint density at radius 2 is 2.00 bits per heavy atom. The number of rotatable bonds is 1. The summed E-state index contributed by atoms with van der Waals surface area (Å²) >= 11 is 0. The van der Waals surface area contributed by atoms with Crippen LogP contribution in [-0.2, 0) is 4.79 Å². The fraction of sp³-hybridized carbons (Fsp3) is 0.433. The van der Waals surface area contributed by atoms with E-state index in [4.69, 9.17) is 10.1 Å². The molecule has 5 aliphatic rings. The molecule has 2 aromatic rings. The summed E-state index contributed by atoms with van der Waals surface area (Å²) in [6.07, 6.45) is 8.41. The Bertz CT molecular complexity index is 1300. The summed E-state index contributed by atoms with van der Waals surface area (Å²) in [6, 6.07) is 11.6. The maximum atomic E-state index is 13.6. The summed E-state index contributed by atoms with van der Waals surface area (Å²) in [7, 11) is 0. The van der Waals surface area contributed by atoms with E-state index in [2.05, 4.69) is 54.8 Å². The Balaban J connectivity index is 1.43. The van der Waals surface area contributed by atoms with Crippen LogP contribution in [0.25, 0.3) is 6.08 Å². The van der Waals surface area contributed by atoms with Gasteiger partial charge >= 0.3 is 0 Å². The van der Waals surface area contributed by atoms with E-state index in [0.717, 1.165) is 36.8 Å².